The summed E-state index contributed by atoms with van der Waals surface area (Å²) in [7, 11) is 0. The van der Waals surface area contributed by atoms with Crippen molar-refractivity contribution in [1.29, 1.82) is 0 Å². The Morgan fingerprint density at radius 2 is 2.13 bits per heavy atom. The minimum atomic E-state index is 0.741. The lowest BCUT2D eigenvalue weighted by Crippen LogP contribution is -2.04. The maximum Gasteiger partial charge on any atom is 0.150 e. The van der Waals surface area contributed by atoms with Gasteiger partial charge in [-0.15, -0.1) is 0 Å². The zero-order valence-corrected chi connectivity index (χ0v) is 8.10. The third-order valence-corrected chi connectivity index (χ3v) is 2.74. The summed E-state index contributed by atoms with van der Waals surface area (Å²) in [5.74, 6) is 0. The first kappa shape index (κ1) is 8.36. The monoisotopic (exact) mass is 195 g/mol. The summed E-state index contributed by atoms with van der Waals surface area (Å²) in [6.45, 7) is 0. The van der Waals surface area contributed by atoms with Crippen molar-refractivity contribution in [3.05, 3.63) is 47.6 Å². The van der Waals surface area contributed by atoms with Crippen LogP contribution >= 0.6 is 0 Å². The van der Waals surface area contributed by atoms with Gasteiger partial charge in [0.05, 0.1) is 11.4 Å². The van der Waals surface area contributed by atoms with Gasteiger partial charge >= 0.3 is 0 Å². The highest BCUT2D eigenvalue weighted by Gasteiger charge is 2.23. The van der Waals surface area contributed by atoms with Crippen molar-refractivity contribution in [2.24, 2.45) is 4.99 Å². The fourth-order valence-electron chi connectivity index (χ4n) is 2.09. The second-order valence-corrected chi connectivity index (χ2v) is 3.63. The number of carbonyl (C=O) groups is 1. The Morgan fingerprint density at radius 1 is 1.27 bits per heavy atom. The number of nitrogens with zero attached hydrogens (tertiary/aromatic N) is 1. The summed E-state index contributed by atoms with van der Waals surface area (Å²) < 4.78 is 0. The van der Waals surface area contributed by atoms with Gasteiger partial charge in [0, 0.05) is 23.1 Å². The van der Waals surface area contributed by atoms with E-state index in [0.717, 1.165) is 40.8 Å². The normalized spacial score (nSPS) is 17.2. The molecule has 0 radical (unpaired) electrons. The molecule has 0 unspecified atom stereocenters. The number of hydrogen-bond donors (Lipinski definition) is 0. The Labute approximate surface area is 87.7 Å². The lowest BCUT2D eigenvalue weighted by atomic mass is 9.92. The van der Waals surface area contributed by atoms with Gasteiger partial charge in [0.2, 0.25) is 0 Å². The summed E-state index contributed by atoms with van der Waals surface area (Å²) in [5, 5.41) is 0. The van der Waals surface area contributed by atoms with Gasteiger partial charge in [0.15, 0.2) is 6.29 Å². The van der Waals surface area contributed by atoms with Crippen LogP contribution in [0.1, 0.15) is 12.0 Å². The van der Waals surface area contributed by atoms with E-state index in [1.165, 1.54) is 0 Å². The quantitative estimate of drug-likeness (QED) is 0.633. The number of aliphatic imine (C=N–C) groups is 1. The molecule has 2 nitrogen and oxygen atoms in total. The highest BCUT2D eigenvalue weighted by molar-refractivity contribution is 6.33. The topological polar surface area (TPSA) is 29.4 Å². The number of aldehydes is 1. The summed E-state index contributed by atoms with van der Waals surface area (Å²) in [6.07, 6.45) is 5.59. The number of hydrogen-bond acceptors (Lipinski definition) is 2. The molecular formula is C13H9NO. The van der Waals surface area contributed by atoms with Crippen LogP contribution in [0.5, 0.6) is 0 Å². The second kappa shape index (κ2) is 3.02. The molecule has 2 aliphatic rings. The number of allylic oxidation sites excluding steroid dienone is 4. The Hall–Kier alpha value is -1.96. The van der Waals surface area contributed by atoms with E-state index in [4.69, 9.17) is 0 Å². The first-order valence-corrected chi connectivity index (χ1v) is 4.93. The lowest BCUT2D eigenvalue weighted by molar-refractivity contribution is -0.104. The molecule has 1 aliphatic carbocycles. The SMILES string of the molecule is O=CC1=C2C(=Nc3ccccc32)CC=C1. The molecule has 0 amide bonds. The van der Waals surface area contributed by atoms with Gasteiger partial charge in [-0.1, -0.05) is 30.4 Å². The molecule has 0 atom stereocenters. The van der Waals surface area contributed by atoms with E-state index in [0.29, 0.717) is 0 Å². The van der Waals surface area contributed by atoms with Gasteiger partial charge in [-0.25, -0.2) is 0 Å². The minimum Gasteiger partial charge on any atom is -0.298 e. The van der Waals surface area contributed by atoms with Crippen LogP contribution in [-0.4, -0.2) is 12.0 Å². The molecule has 1 aromatic carbocycles. The van der Waals surface area contributed by atoms with Crippen LogP contribution in [0.4, 0.5) is 5.69 Å². The fourth-order valence-corrected chi connectivity index (χ4v) is 2.09. The Bertz CT molecular complexity index is 535. The van der Waals surface area contributed by atoms with Crippen molar-refractivity contribution in [1.82, 2.24) is 0 Å². The molecule has 0 saturated heterocycles. The van der Waals surface area contributed by atoms with Crippen molar-refractivity contribution in [2.75, 3.05) is 0 Å². The fraction of sp³-hybridized carbons (Fsp3) is 0.0769. The summed E-state index contributed by atoms with van der Waals surface area (Å²) in [5.41, 5.74) is 4.83. The zero-order valence-electron chi connectivity index (χ0n) is 8.10. The summed E-state index contributed by atoms with van der Waals surface area (Å²) in [6, 6.07) is 7.94. The third-order valence-electron chi connectivity index (χ3n) is 2.74. The van der Waals surface area contributed by atoms with E-state index in [1.54, 1.807) is 0 Å². The molecule has 0 N–H and O–H groups in total. The van der Waals surface area contributed by atoms with Gasteiger partial charge < -0.3 is 0 Å². The van der Waals surface area contributed by atoms with Gasteiger partial charge in [-0.2, -0.15) is 0 Å². The summed E-state index contributed by atoms with van der Waals surface area (Å²) >= 11 is 0. The maximum atomic E-state index is 10.9. The predicted octanol–water partition coefficient (Wildman–Crippen LogP) is 2.69. The van der Waals surface area contributed by atoms with Crippen LogP contribution in [0, 0.1) is 0 Å². The largest absolute Gasteiger partial charge is 0.298 e. The van der Waals surface area contributed by atoms with Crippen molar-refractivity contribution < 1.29 is 4.79 Å². The van der Waals surface area contributed by atoms with Crippen LogP contribution in [0.3, 0.4) is 0 Å². The molecule has 2 heteroatoms. The Morgan fingerprint density at radius 3 is 3.00 bits per heavy atom. The number of benzene rings is 1. The molecule has 0 aromatic heterocycles. The molecule has 0 spiro atoms. The Balaban J connectivity index is 2.31. The smallest absolute Gasteiger partial charge is 0.150 e. The first-order valence-electron chi connectivity index (χ1n) is 4.93. The van der Waals surface area contributed by atoms with Gasteiger partial charge in [-0.3, -0.25) is 9.79 Å². The lowest BCUT2D eigenvalue weighted by Gasteiger charge is -2.09. The van der Waals surface area contributed by atoms with E-state index in [9.17, 15) is 4.79 Å². The van der Waals surface area contributed by atoms with Gasteiger partial charge in [-0.05, 0) is 6.07 Å². The predicted molar refractivity (Wildman–Crippen MR) is 60.3 cm³/mol. The molecule has 1 heterocycles. The second-order valence-electron chi connectivity index (χ2n) is 3.63. The van der Waals surface area contributed by atoms with Crippen molar-refractivity contribution >= 4 is 23.3 Å². The van der Waals surface area contributed by atoms with Gasteiger partial charge in [0.25, 0.3) is 0 Å². The van der Waals surface area contributed by atoms with Crippen LogP contribution < -0.4 is 0 Å². The average Bonchev–Trinajstić information content (AvgIpc) is 2.67. The number of fused-ring (bicyclic) bond motifs is 3. The van der Waals surface area contributed by atoms with E-state index in [1.807, 2.05) is 36.4 Å². The maximum absolute atomic E-state index is 10.9. The van der Waals surface area contributed by atoms with E-state index >= 15 is 0 Å². The average molecular weight is 195 g/mol. The number of para-hydroxylation sites is 1. The highest BCUT2D eigenvalue weighted by Crippen LogP contribution is 2.38. The van der Waals surface area contributed by atoms with Crippen LogP contribution in [-0.2, 0) is 4.79 Å². The van der Waals surface area contributed by atoms with Crippen LogP contribution in [0.25, 0.3) is 5.57 Å². The van der Waals surface area contributed by atoms with Crippen LogP contribution in [0.15, 0.2) is 47.0 Å². The van der Waals surface area contributed by atoms with Crippen molar-refractivity contribution in [2.45, 2.75) is 6.42 Å². The van der Waals surface area contributed by atoms with Crippen molar-refractivity contribution in [3.8, 4) is 0 Å². The molecule has 0 bridgehead atoms. The zero-order chi connectivity index (χ0) is 10.3. The molecule has 1 aliphatic heterocycles. The molecule has 3 rings (SSSR count). The van der Waals surface area contributed by atoms with E-state index < -0.39 is 0 Å². The summed E-state index contributed by atoms with van der Waals surface area (Å²) in [4.78, 5) is 15.5. The van der Waals surface area contributed by atoms with Gasteiger partial charge in [0.1, 0.15) is 0 Å². The standard InChI is InChI=1S/C13H9NO/c15-8-9-4-3-7-12-13(9)10-5-1-2-6-11(10)14-12/h1-6,8H,7H2. The molecule has 0 fully saturated rings. The number of rotatable bonds is 1. The molecule has 15 heavy (non-hydrogen) atoms. The molecule has 0 saturated carbocycles. The number of carbonyl (C=O) groups excluding carboxylic acids is 1. The molecular weight excluding hydrogens is 186 g/mol. The molecule has 1 aromatic rings. The van der Waals surface area contributed by atoms with Crippen LogP contribution in [0.2, 0.25) is 0 Å². The Kier molecular flexibility index (Phi) is 1.68. The molecule has 72 valence electrons. The van der Waals surface area contributed by atoms with Crippen molar-refractivity contribution in [3.63, 3.8) is 0 Å². The highest BCUT2D eigenvalue weighted by atomic mass is 16.1. The van der Waals surface area contributed by atoms with E-state index in [2.05, 4.69) is 4.99 Å². The third kappa shape index (κ3) is 1.11. The first-order chi connectivity index (χ1) is 7.40. The minimum absolute atomic E-state index is 0.741. The van der Waals surface area contributed by atoms with E-state index in [-0.39, 0.29) is 0 Å².